The van der Waals surface area contributed by atoms with Crippen molar-refractivity contribution >= 4 is 31.6 Å². The first-order valence-electron chi connectivity index (χ1n) is 5.88. The highest BCUT2D eigenvalue weighted by molar-refractivity contribution is 9.10. The molecule has 1 aromatic heterocycles. The number of nitrogen functional groups attached to an aromatic ring is 1. The molecule has 114 valence electrons. The SMILES string of the molecule is Cn1cnnc1CCNS(=O)(=O)c1cc(N)c(Br)cc1F. The van der Waals surface area contributed by atoms with Crippen molar-refractivity contribution < 1.29 is 12.8 Å². The Kier molecular flexibility index (Phi) is 4.59. The van der Waals surface area contributed by atoms with Crippen LogP contribution < -0.4 is 10.5 Å². The van der Waals surface area contributed by atoms with E-state index in [1.165, 1.54) is 6.33 Å². The van der Waals surface area contributed by atoms with Gasteiger partial charge in [0.2, 0.25) is 10.0 Å². The lowest BCUT2D eigenvalue weighted by Crippen LogP contribution is -2.27. The third-order valence-electron chi connectivity index (χ3n) is 2.79. The molecule has 21 heavy (non-hydrogen) atoms. The third-order valence-corrected chi connectivity index (χ3v) is 4.95. The molecular formula is C11H13BrFN5O2S. The maximum Gasteiger partial charge on any atom is 0.243 e. The van der Waals surface area contributed by atoms with Crippen LogP contribution in [0.15, 0.2) is 27.8 Å². The van der Waals surface area contributed by atoms with Crippen LogP contribution in [0.2, 0.25) is 0 Å². The summed E-state index contributed by atoms with van der Waals surface area (Å²) in [7, 11) is -2.23. The lowest BCUT2D eigenvalue weighted by atomic mass is 10.3. The maximum absolute atomic E-state index is 13.8. The minimum absolute atomic E-state index is 0.0737. The predicted molar refractivity (Wildman–Crippen MR) is 78.4 cm³/mol. The summed E-state index contributed by atoms with van der Waals surface area (Å²) >= 11 is 3.04. The number of hydrogen-bond donors (Lipinski definition) is 2. The molecule has 1 heterocycles. The van der Waals surface area contributed by atoms with Crippen LogP contribution >= 0.6 is 15.9 Å². The Morgan fingerprint density at radius 1 is 1.48 bits per heavy atom. The second-order valence-electron chi connectivity index (χ2n) is 4.31. The van der Waals surface area contributed by atoms with Gasteiger partial charge in [-0.05, 0) is 28.1 Å². The molecule has 0 fully saturated rings. The van der Waals surface area contributed by atoms with Gasteiger partial charge in [-0.15, -0.1) is 10.2 Å². The van der Waals surface area contributed by atoms with Crippen LogP contribution in [0.4, 0.5) is 10.1 Å². The van der Waals surface area contributed by atoms with Crippen molar-refractivity contribution in [3.05, 3.63) is 34.6 Å². The molecule has 2 rings (SSSR count). The molecular weight excluding hydrogens is 365 g/mol. The highest BCUT2D eigenvalue weighted by Gasteiger charge is 2.20. The molecule has 0 bridgehead atoms. The Morgan fingerprint density at radius 3 is 2.81 bits per heavy atom. The normalized spacial score (nSPS) is 11.8. The molecule has 0 aliphatic rings. The number of aryl methyl sites for hydroxylation is 1. The summed E-state index contributed by atoms with van der Waals surface area (Å²) < 4.78 is 42.2. The number of nitrogens with two attached hydrogens (primary N) is 1. The van der Waals surface area contributed by atoms with E-state index >= 15 is 0 Å². The lowest BCUT2D eigenvalue weighted by molar-refractivity contribution is 0.556. The van der Waals surface area contributed by atoms with Gasteiger partial charge in [0.1, 0.15) is 22.9 Å². The first-order valence-corrected chi connectivity index (χ1v) is 8.16. The zero-order valence-corrected chi connectivity index (χ0v) is 13.4. The summed E-state index contributed by atoms with van der Waals surface area (Å²) in [4.78, 5) is -0.485. The number of halogens is 2. The second kappa shape index (κ2) is 6.08. The van der Waals surface area contributed by atoms with E-state index < -0.39 is 20.7 Å². The number of anilines is 1. The van der Waals surface area contributed by atoms with Gasteiger partial charge in [-0.25, -0.2) is 17.5 Å². The van der Waals surface area contributed by atoms with Crippen molar-refractivity contribution in [2.45, 2.75) is 11.3 Å². The molecule has 1 aromatic carbocycles. The molecule has 0 radical (unpaired) electrons. The summed E-state index contributed by atoms with van der Waals surface area (Å²) in [5.74, 6) is -0.254. The van der Waals surface area contributed by atoms with Crippen LogP contribution in [0.5, 0.6) is 0 Å². The average Bonchev–Trinajstić information content (AvgIpc) is 2.79. The fourth-order valence-corrected chi connectivity index (χ4v) is 3.10. The average molecular weight is 378 g/mol. The van der Waals surface area contributed by atoms with Crippen LogP contribution in [-0.4, -0.2) is 29.7 Å². The Morgan fingerprint density at radius 2 is 2.19 bits per heavy atom. The van der Waals surface area contributed by atoms with Gasteiger partial charge < -0.3 is 10.3 Å². The number of rotatable bonds is 5. The Labute approximate surface area is 129 Å². The minimum atomic E-state index is -3.98. The molecule has 0 saturated heterocycles. The molecule has 0 spiro atoms. The molecule has 7 nitrogen and oxygen atoms in total. The smallest absolute Gasteiger partial charge is 0.243 e. The van der Waals surface area contributed by atoms with E-state index in [0.29, 0.717) is 16.7 Å². The Hall–Kier alpha value is -1.52. The highest BCUT2D eigenvalue weighted by Crippen LogP contribution is 2.25. The third kappa shape index (κ3) is 3.57. The number of aromatic nitrogens is 3. The van der Waals surface area contributed by atoms with Crippen LogP contribution in [0.1, 0.15) is 5.82 Å². The number of benzene rings is 1. The van der Waals surface area contributed by atoms with Crippen LogP contribution in [0.3, 0.4) is 0 Å². The first kappa shape index (κ1) is 15.9. The van der Waals surface area contributed by atoms with Gasteiger partial charge in [0.25, 0.3) is 0 Å². The predicted octanol–water partition coefficient (Wildman–Crippen LogP) is 0.820. The largest absolute Gasteiger partial charge is 0.398 e. The van der Waals surface area contributed by atoms with Crippen LogP contribution in [0.25, 0.3) is 0 Å². The van der Waals surface area contributed by atoms with Gasteiger partial charge in [-0.2, -0.15) is 0 Å². The molecule has 3 N–H and O–H groups in total. The highest BCUT2D eigenvalue weighted by atomic mass is 79.9. The van der Waals surface area contributed by atoms with Gasteiger partial charge in [-0.3, -0.25) is 0 Å². The van der Waals surface area contributed by atoms with E-state index in [1.807, 2.05) is 0 Å². The fraction of sp³-hybridized carbons (Fsp3) is 0.273. The van der Waals surface area contributed by atoms with Gasteiger partial charge >= 0.3 is 0 Å². The molecule has 0 saturated carbocycles. The van der Waals surface area contributed by atoms with Gasteiger partial charge in [0, 0.05) is 30.2 Å². The topological polar surface area (TPSA) is 103 Å². The summed E-state index contributed by atoms with van der Waals surface area (Å²) in [6, 6.07) is 2.09. The monoisotopic (exact) mass is 377 g/mol. The molecule has 0 aliphatic heterocycles. The molecule has 0 amide bonds. The summed E-state index contributed by atoms with van der Waals surface area (Å²) in [5, 5.41) is 7.51. The quantitative estimate of drug-likeness (QED) is 0.750. The van der Waals surface area contributed by atoms with Gasteiger partial charge in [-0.1, -0.05) is 0 Å². The van der Waals surface area contributed by atoms with E-state index in [2.05, 4.69) is 30.8 Å². The van der Waals surface area contributed by atoms with E-state index in [4.69, 9.17) is 5.73 Å². The van der Waals surface area contributed by atoms with Crippen LogP contribution in [-0.2, 0) is 23.5 Å². The van der Waals surface area contributed by atoms with Crippen LogP contribution in [0, 0.1) is 5.82 Å². The number of hydrogen-bond acceptors (Lipinski definition) is 5. The zero-order chi connectivity index (χ0) is 15.6. The molecule has 0 atom stereocenters. The van der Waals surface area contributed by atoms with E-state index in [1.54, 1.807) is 11.6 Å². The van der Waals surface area contributed by atoms with Crippen molar-refractivity contribution in [1.82, 2.24) is 19.5 Å². The molecule has 2 aromatic rings. The first-order chi connectivity index (χ1) is 9.81. The lowest BCUT2D eigenvalue weighted by Gasteiger charge is -2.09. The fourth-order valence-electron chi connectivity index (χ4n) is 1.66. The minimum Gasteiger partial charge on any atom is -0.398 e. The van der Waals surface area contributed by atoms with E-state index in [-0.39, 0.29) is 12.2 Å². The second-order valence-corrected chi connectivity index (χ2v) is 6.90. The van der Waals surface area contributed by atoms with Crippen molar-refractivity contribution in [2.24, 2.45) is 7.05 Å². The van der Waals surface area contributed by atoms with E-state index in [0.717, 1.165) is 12.1 Å². The molecule has 10 heteroatoms. The molecule has 0 aliphatic carbocycles. The van der Waals surface area contributed by atoms with Crippen molar-refractivity contribution in [3.8, 4) is 0 Å². The van der Waals surface area contributed by atoms with Crippen molar-refractivity contribution in [3.63, 3.8) is 0 Å². The number of sulfonamides is 1. The number of nitrogens with zero attached hydrogens (tertiary/aromatic N) is 3. The number of nitrogens with one attached hydrogen (secondary N) is 1. The van der Waals surface area contributed by atoms with Gasteiger partial charge in [0.15, 0.2) is 0 Å². The zero-order valence-electron chi connectivity index (χ0n) is 11.0. The van der Waals surface area contributed by atoms with Crippen molar-refractivity contribution in [2.75, 3.05) is 12.3 Å². The standard InChI is InChI=1S/C11H13BrFN5O2S/c1-18-6-15-17-11(18)2-3-16-21(19,20)10-5-9(14)7(12)4-8(10)13/h4-6,16H,2-3,14H2,1H3. The summed E-state index contributed by atoms with van der Waals surface area (Å²) in [5.41, 5.74) is 5.73. The van der Waals surface area contributed by atoms with Gasteiger partial charge in [0.05, 0.1) is 0 Å². The maximum atomic E-state index is 13.8. The van der Waals surface area contributed by atoms with Crippen molar-refractivity contribution in [1.29, 1.82) is 0 Å². The Balaban J connectivity index is 2.12. The Bertz CT molecular complexity index is 762. The van der Waals surface area contributed by atoms with E-state index in [9.17, 15) is 12.8 Å². The summed E-state index contributed by atoms with van der Waals surface area (Å²) in [6.45, 7) is 0.0737. The summed E-state index contributed by atoms with van der Waals surface area (Å²) in [6.07, 6.45) is 1.85. The molecule has 0 unspecified atom stereocenters.